The van der Waals surface area contributed by atoms with Gasteiger partial charge in [-0.15, -0.1) is 11.3 Å². The smallest absolute Gasteiger partial charge is 0.263 e. The van der Waals surface area contributed by atoms with Gasteiger partial charge in [0.25, 0.3) is 10.0 Å². The normalized spacial score (nSPS) is 16.9. The van der Waals surface area contributed by atoms with Gasteiger partial charge in [0, 0.05) is 56.0 Å². The van der Waals surface area contributed by atoms with Crippen LogP contribution >= 0.6 is 11.3 Å². The first kappa shape index (κ1) is 24.8. The van der Waals surface area contributed by atoms with Gasteiger partial charge in [0.2, 0.25) is 5.91 Å². The fraction of sp³-hybridized carbons (Fsp3) is 0.269. The summed E-state index contributed by atoms with van der Waals surface area (Å²) in [5.41, 5.74) is 2.32. The predicted octanol–water partition coefficient (Wildman–Crippen LogP) is 4.31. The van der Waals surface area contributed by atoms with Crippen LogP contribution in [0.4, 0.5) is 10.8 Å². The van der Waals surface area contributed by atoms with Crippen molar-refractivity contribution in [1.29, 1.82) is 5.26 Å². The average molecular weight is 537 g/mol. The number of piperazine rings is 1. The van der Waals surface area contributed by atoms with Gasteiger partial charge in [-0.05, 0) is 44.2 Å². The Labute approximate surface area is 221 Å². The van der Waals surface area contributed by atoms with E-state index in [1.807, 2.05) is 47.6 Å². The molecular weight excluding hydrogens is 508 g/mol. The highest BCUT2D eigenvalue weighted by atomic mass is 32.2. The van der Waals surface area contributed by atoms with E-state index in [1.54, 1.807) is 42.0 Å². The van der Waals surface area contributed by atoms with E-state index < -0.39 is 16.1 Å². The molecule has 0 saturated carbocycles. The lowest BCUT2D eigenvalue weighted by Crippen LogP contribution is -2.55. The molecule has 9 nitrogen and oxygen atoms in total. The second-order valence-corrected chi connectivity index (χ2v) is 11.6. The van der Waals surface area contributed by atoms with Crippen molar-refractivity contribution in [2.45, 2.75) is 30.8 Å². The van der Waals surface area contributed by atoms with Crippen molar-refractivity contribution in [1.82, 2.24) is 14.5 Å². The Hall–Kier alpha value is -3.88. The second kappa shape index (κ2) is 9.88. The number of rotatable bonds is 6. The highest BCUT2D eigenvalue weighted by Crippen LogP contribution is 2.28. The quantitative estimate of drug-likeness (QED) is 0.393. The molecule has 2 unspecified atom stereocenters. The van der Waals surface area contributed by atoms with Crippen LogP contribution in [0.15, 0.2) is 71.2 Å². The molecule has 2 aromatic heterocycles. The maximum Gasteiger partial charge on any atom is 0.263 e. The summed E-state index contributed by atoms with van der Waals surface area (Å²) in [5.74, 6) is 0.00657. The van der Waals surface area contributed by atoms with Gasteiger partial charge in [-0.25, -0.2) is 13.4 Å². The lowest BCUT2D eigenvalue weighted by atomic mass is 10.1. The van der Waals surface area contributed by atoms with Crippen molar-refractivity contribution in [3.05, 3.63) is 71.9 Å². The first-order valence-corrected chi connectivity index (χ1v) is 14.2. The van der Waals surface area contributed by atoms with Crippen molar-refractivity contribution >= 4 is 49.0 Å². The number of para-hydroxylation sites is 1. The molecule has 1 saturated heterocycles. The zero-order valence-electron chi connectivity index (χ0n) is 20.4. The molecule has 3 heterocycles. The standard InChI is InChI=1S/C26H26N6O3S2.H2/c1-18-16-30(21-7-9-22(10-8-21)37(34,35)29-26-28-11-14-36-26)12-13-31(18)25(33)19(2)32-17-20(15-27)23-5-3-4-6-24(23)32;/h3-11,14,17-19H,12-13,16H2,1-2H3,(H,28,29);1H. The molecule has 0 aliphatic carbocycles. The van der Waals surface area contributed by atoms with Crippen molar-refractivity contribution < 1.29 is 14.6 Å². The Balaban J connectivity index is 0.00000336. The molecule has 2 aromatic carbocycles. The number of hydrogen-bond acceptors (Lipinski definition) is 7. The molecule has 1 N–H and O–H groups in total. The van der Waals surface area contributed by atoms with Gasteiger partial charge in [0.15, 0.2) is 5.13 Å². The van der Waals surface area contributed by atoms with Gasteiger partial charge in [0.05, 0.1) is 16.0 Å². The molecular formula is C26H28N6O3S2. The topological polar surface area (TPSA) is 111 Å². The summed E-state index contributed by atoms with van der Waals surface area (Å²) in [5, 5.41) is 12.4. The van der Waals surface area contributed by atoms with E-state index in [0.717, 1.165) is 16.6 Å². The molecule has 37 heavy (non-hydrogen) atoms. The number of sulfonamides is 1. The fourth-order valence-corrected chi connectivity index (χ4v) is 6.57. The number of hydrogen-bond donors (Lipinski definition) is 1. The number of amides is 1. The first-order valence-electron chi connectivity index (χ1n) is 11.9. The average Bonchev–Trinajstić information content (AvgIpc) is 3.55. The number of nitrogens with one attached hydrogen (secondary N) is 1. The monoisotopic (exact) mass is 536 g/mol. The molecule has 1 amide bonds. The number of carbonyl (C=O) groups is 1. The molecule has 2 atom stereocenters. The number of benzene rings is 2. The second-order valence-electron chi connectivity index (χ2n) is 9.02. The van der Waals surface area contributed by atoms with E-state index in [9.17, 15) is 18.5 Å². The minimum absolute atomic E-state index is 0. The van der Waals surface area contributed by atoms with Gasteiger partial charge < -0.3 is 14.4 Å². The Morgan fingerprint density at radius 3 is 2.65 bits per heavy atom. The van der Waals surface area contributed by atoms with Gasteiger partial charge in [0.1, 0.15) is 12.1 Å². The lowest BCUT2D eigenvalue weighted by molar-refractivity contribution is -0.136. The molecule has 5 rings (SSSR count). The van der Waals surface area contributed by atoms with Crippen molar-refractivity contribution in [3.8, 4) is 6.07 Å². The van der Waals surface area contributed by atoms with Crippen LogP contribution in [0.2, 0.25) is 0 Å². The van der Waals surface area contributed by atoms with E-state index in [4.69, 9.17) is 0 Å². The summed E-state index contributed by atoms with van der Waals surface area (Å²) in [6, 6.07) is 16.1. The third-order valence-electron chi connectivity index (χ3n) is 6.71. The SMILES string of the molecule is CC1CN(c2ccc(S(=O)(=O)Nc3nccs3)cc2)CCN1C(=O)C(C)n1cc(C#N)c2ccccc21.[HH]. The molecule has 0 radical (unpaired) electrons. The zero-order chi connectivity index (χ0) is 26.2. The van der Waals surface area contributed by atoms with Crippen LogP contribution in [-0.4, -0.2) is 54.5 Å². The van der Waals surface area contributed by atoms with Crippen LogP contribution in [0, 0.1) is 11.3 Å². The number of anilines is 2. The van der Waals surface area contributed by atoms with Crippen LogP contribution in [0.1, 0.15) is 26.9 Å². The maximum atomic E-state index is 13.5. The van der Waals surface area contributed by atoms with E-state index in [-0.39, 0.29) is 18.3 Å². The zero-order valence-corrected chi connectivity index (χ0v) is 22.0. The summed E-state index contributed by atoms with van der Waals surface area (Å²) < 4.78 is 29.6. The van der Waals surface area contributed by atoms with E-state index >= 15 is 0 Å². The Morgan fingerprint density at radius 2 is 1.97 bits per heavy atom. The van der Waals surface area contributed by atoms with E-state index in [1.165, 1.54) is 11.3 Å². The minimum Gasteiger partial charge on any atom is -0.368 e. The summed E-state index contributed by atoms with van der Waals surface area (Å²) >= 11 is 1.22. The molecule has 192 valence electrons. The van der Waals surface area contributed by atoms with Crippen LogP contribution < -0.4 is 9.62 Å². The molecule has 4 aromatic rings. The number of fused-ring (bicyclic) bond motifs is 1. The molecule has 1 fully saturated rings. The number of nitrogens with zero attached hydrogens (tertiary/aromatic N) is 5. The van der Waals surface area contributed by atoms with Gasteiger partial charge in [-0.2, -0.15) is 5.26 Å². The van der Waals surface area contributed by atoms with Crippen LogP contribution in [0.5, 0.6) is 0 Å². The molecule has 11 heteroatoms. The Bertz CT molecular complexity index is 1580. The van der Waals surface area contributed by atoms with Crippen molar-refractivity contribution in [3.63, 3.8) is 0 Å². The molecule has 0 bridgehead atoms. The summed E-state index contributed by atoms with van der Waals surface area (Å²) in [4.78, 5) is 21.7. The van der Waals surface area contributed by atoms with Crippen molar-refractivity contribution in [2.24, 2.45) is 0 Å². The number of carbonyl (C=O) groups excluding carboxylic acids is 1. The Kier molecular flexibility index (Phi) is 6.62. The van der Waals surface area contributed by atoms with Gasteiger partial charge >= 0.3 is 0 Å². The summed E-state index contributed by atoms with van der Waals surface area (Å²) in [7, 11) is -3.71. The highest BCUT2D eigenvalue weighted by Gasteiger charge is 2.31. The lowest BCUT2D eigenvalue weighted by Gasteiger charge is -2.42. The van der Waals surface area contributed by atoms with Crippen LogP contribution in [-0.2, 0) is 14.8 Å². The van der Waals surface area contributed by atoms with Crippen LogP contribution in [0.3, 0.4) is 0 Å². The highest BCUT2D eigenvalue weighted by molar-refractivity contribution is 7.93. The number of nitriles is 1. The Morgan fingerprint density at radius 1 is 1.22 bits per heavy atom. The molecule has 0 spiro atoms. The third-order valence-corrected chi connectivity index (χ3v) is 8.88. The van der Waals surface area contributed by atoms with Crippen LogP contribution in [0.25, 0.3) is 10.9 Å². The molecule has 1 aliphatic heterocycles. The first-order chi connectivity index (χ1) is 17.8. The predicted molar refractivity (Wildman–Crippen MR) is 146 cm³/mol. The van der Waals surface area contributed by atoms with E-state index in [0.29, 0.717) is 30.3 Å². The van der Waals surface area contributed by atoms with Gasteiger partial charge in [-0.3, -0.25) is 9.52 Å². The summed E-state index contributed by atoms with van der Waals surface area (Å²) in [6.07, 6.45) is 3.30. The van der Waals surface area contributed by atoms with Crippen molar-refractivity contribution in [2.75, 3.05) is 29.3 Å². The maximum absolute atomic E-state index is 13.5. The molecule has 1 aliphatic rings. The number of thiazole rings is 1. The number of aromatic nitrogens is 2. The van der Waals surface area contributed by atoms with Gasteiger partial charge in [-0.1, -0.05) is 18.2 Å². The largest absolute Gasteiger partial charge is 0.368 e. The third kappa shape index (κ3) is 4.77. The summed E-state index contributed by atoms with van der Waals surface area (Å²) in [6.45, 7) is 5.68. The van der Waals surface area contributed by atoms with E-state index in [2.05, 4.69) is 20.7 Å². The fourth-order valence-electron chi connectivity index (χ4n) is 4.78. The minimum atomic E-state index is -3.71.